The van der Waals surface area contributed by atoms with Crippen molar-refractivity contribution >= 4 is 65.9 Å². The standard InChI is InChI=1S/C35H39Br3O9/c1-22(39)46-30-11-8-25(21-27(30)37)15-18-45-35(4,5)34(2,3)32(40)47-31-12-9-24(20-28(31)38)14-17-44-33(41)43-16-13-23-7-10-29(42-6)26(36)19-23/h7-12,19-21H,13-18H2,1-6H3. The first kappa shape index (κ1) is 38.5. The first-order valence-electron chi connectivity index (χ1n) is 14.9. The van der Waals surface area contributed by atoms with E-state index >= 15 is 0 Å². The zero-order chi connectivity index (χ0) is 34.8. The highest BCUT2D eigenvalue weighted by Crippen LogP contribution is 2.37. The van der Waals surface area contributed by atoms with Crippen molar-refractivity contribution in [3.05, 3.63) is 84.7 Å². The Morgan fingerprint density at radius 3 is 1.49 bits per heavy atom. The second kappa shape index (κ2) is 17.5. The average molecular weight is 843 g/mol. The van der Waals surface area contributed by atoms with Crippen LogP contribution in [0, 0.1) is 5.41 Å². The van der Waals surface area contributed by atoms with Gasteiger partial charge in [0.25, 0.3) is 0 Å². The Kier molecular flexibility index (Phi) is 14.3. The fraction of sp³-hybridized carbons (Fsp3) is 0.400. The Hall–Kier alpha value is -2.93. The molecule has 0 fully saturated rings. The van der Waals surface area contributed by atoms with Crippen molar-refractivity contribution in [3.63, 3.8) is 0 Å². The summed E-state index contributed by atoms with van der Waals surface area (Å²) in [5.41, 5.74) is 0.994. The Morgan fingerprint density at radius 1 is 0.638 bits per heavy atom. The number of carbonyl (C=O) groups is 3. The molecule has 0 N–H and O–H groups in total. The van der Waals surface area contributed by atoms with E-state index in [2.05, 4.69) is 47.8 Å². The van der Waals surface area contributed by atoms with E-state index in [1.165, 1.54) is 6.92 Å². The molecule has 0 spiro atoms. The second-order valence-electron chi connectivity index (χ2n) is 11.7. The van der Waals surface area contributed by atoms with Crippen LogP contribution in [0.5, 0.6) is 17.2 Å². The molecule has 0 atom stereocenters. The van der Waals surface area contributed by atoms with Crippen LogP contribution in [0.1, 0.15) is 51.3 Å². The van der Waals surface area contributed by atoms with Crippen molar-refractivity contribution < 1.29 is 42.8 Å². The molecular weight excluding hydrogens is 804 g/mol. The highest BCUT2D eigenvalue weighted by molar-refractivity contribution is 9.11. The second-order valence-corrected chi connectivity index (χ2v) is 14.2. The van der Waals surface area contributed by atoms with Crippen molar-refractivity contribution in [2.45, 2.75) is 59.5 Å². The van der Waals surface area contributed by atoms with E-state index in [0.29, 0.717) is 46.3 Å². The van der Waals surface area contributed by atoms with Crippen LogP contribution in [0.25, 0.3) is 0 Å². The molecule has 0 radical (unpaired) electrons. The molecule has 3 aromatic carbocycles. The summed E-state index contributed by atoms with van der Waals surface area (Å²) in [5.74, 6) is 0.707. The van der Waals surface area contributed by atoms with Gasteiger partial charge >= 0.3 is 18.1 Å². The summed E-state index contributed by atoms with van der Waals surface area (Å²) >= 11 is 10.4. The lowest BCUT2D eigenvalue weighted by Gasteiger charge is -2.39. The topological polar surface area (TPSA) is 107 Å². The molecule has 3 rings (SSSR count). The van der Waals surface area contributed by atoms with Crippen LogP contribution in [-0.2, 0) is 43.1 Å². The summed E-state index contributed by atoms with van der Waals surface area (Å²) < 4.78 is 34.9. The molecule has 3 aromatic rings. The lowest BCUT2D eigenvalue weighted by molar-refractivity contribution is -0.165. The van der Waals surface area contributed by atoms with Crippen LogP contribution in [0.15, 0.2) is 68.0 Å². The van der Waals surface area contributed by atoms with Gasteiger partial charge in [-0.2, -0.15) is 0 Å². The van der Waals surface area contributed by atoms with Crippen molar-refractivity contribution in [2.75, 3.05) is 26.9 Å². The van der Waals surface area contributed by atoms with Crippen LogP contribution in [0.3, 0.4) is 0 Å². The fourth-order valence-corrected chi connectivity index (χ4v) is 5.81. The monoisotopic (exact) mass is 840 g/mol. The van der Waals surface area contributed by atoms with Crippen molar-refractivity contribution in [2.24, 2.45) is 5.41 Å². The van der Waals surface area contributed by atoms with Gasteiger partial charge < -0.3 is 28.4 Å². The molecule has 0 bridgehead atoms. The van der Waals surface area contributed by atoms with Gasteiger partial charge in [-0.05, 0) is 135 Å². The molecule has 0 unspecified atom stereocenters. The summed E-state index contributed by atoms with van der Waals surface area (Å²) in [6, 6.07) is 16.5. The summed E-state index contributed by atoms with van der Waals surface area (Å²) in [6.07, 6.45) is 0.837. The van der Waals surface area contributed by atoms with Crippen LogP contribution < -0.4 is 14.2 Å². The Morgan fingerprint density at radius 2 is 1.06 bits per heavy atom. The molecule has 0 aliphatic rings. The Bertz CT molecular complexity index is 1570. The maximum absolute atomic E-state index is 13.3. The van der Waals surface area contributed by atoms with E-state index in [9.17, 15) is 14.4 Å². The van der Waals surface area contributed by atoms with E-state index in [1.54, 1.807) is 33.1 Å². The van der Waals surface area contributed by atoms with Gasteiger partial charge in [-0.1, -0.05) is 18.2 Å². The molecular formula is C35H39Br3O9. The van der Waals surface area contributed by atoms with Crippen LogP contribution in [0.4, 0.5) is 4.79 Å². The first-order chi connectivity index (χ1) is 22.1. The lowest BCUT2D eigenvalue weighted by atomic mass is 9.77. The third kappa shape index (κ3) is 11.3. The van der Waals surface area contributed by atoms with E-state index in [1.807, 2.05) is 56.3 Å². The fourth-order valence-electron chi connectivity index (χ4n) is 4.21. The van der Waals surface area contributed by atoms with Gasteiger partial charge in [0, 0.05) is 19.8 Å². The molecule has 0 aliphatic carbocycles. The molecule has 9 nitrogen and oxygen atoms in total. The summed E-state index contributed by atoms with van der Waals surface area (Å²) in [4.78, 5) is 36.6. The minimum Gasteiger partial charge on any atom is -0.496 e. The van der Waals surface area contributed by atoms with Gasteiger partial charge in [0.15, 0.2) is 0 Å². The van der Waals surface area contributed by atoms with E-state index in [0.717, 1.165) is 26.9 Å². The molecule has 0 aromatic heterocycles. The number of benzene rings is 3. The smallest absolute Gasteiger partial charge is 0.496 e. The van der Waals surface area contributed by atoms with Crippen molar-refractivity contribution in [1.29, 1.82) is 0 Å². The molecule has 12 heteroatoms. The molecule has 0 aliphatic heterocycles. The Balaban J connectivity index is 1.45. The average Bonchev–Trinajstić information content (AvgIpc) is 2.99. The molecule has 0 saturated carbocycles. The zero-order valence-electron chi connectivity index (χ0n) is 27.2. The summed E-state index contributed by atoms with van der Waals surface area (Å²) in [6.45, 7) is 9.31. The number of ether oxygens (including phenoxy) is 6. The third-order valence-electron chi connectivity index (χ3n) is 7.76. The van der Waals surface area contributed by atoms with Gasteiger partial charge in [0.05, 0.1) is 51.4 Å². The van der Waals surface area contributed by atoms with Gasteiger partial charge in [-0.25, -0.2) is 4.79 Å². The van der Waals surface area contributed by atoms with Gasteiger partial charge in [-0.3, -0.25) is 9.59 Å². The number of esters is 2. The number of halogens is 3. The Labute approximate surface area is 301 Å². The molecule has 0 saturated heterocycles. The summed E-state index contributed by atoms with van der Waals surface area (Å²) in [7, 11) is 1.60. The molecule has 254 valence electrons. The molecule has 0 amide bonds. The largest absolute Gasteiger partial charge is 0.508 e. The quantitative estimate of drug-likeness (QED) is 0.110. The van der Waals surface area contributed by atoms with Crippen LogP contribution >= 0.6 is 47.8 Å². The van der Waals surface area contributed by atoms with Gasteiger partial charge in [0.1, 0.15) is 17.2 Å². The van der Waals surface area contributed by atoms with E-state index in [4.69, 9.17) is 28.4 Å². The predicted molar refractivity (Wildman–Crippen MR) is 188 cm³/mol. The normalized spacial score (nSPS) is 11.5. The zero-order valence-corrected chi connectivity index (χ0v) is 32.0. The van der Waals surface area contributed by atoms with Gasteiger partial charge in [0.2, 0.25) is 0 Å². The third-order valence-corrected chi connectivity index (χ3v) is 9.61. The van der Waals surface area contributed by atoms with Crippen LogP contribution in [-0.4, -0.2) is 50.6 Å². The number of rotatable bonds is 15. The van der Waals surface area contributed by atoms with Gasteiger partial charge in [-0.15, -0.1) is 0 Å². The minimum absolute atomic E-state index is 0.129. The number of hydrogen-bond acceptors (Lipinski definition) is 9. The number of hydrogen-bond donors (Lipinski definition) is 0. The maximum atomic E-state index is 13.3. The maximum Gasteiger partial charge on any atom is 0.508 e. The van der Waals surface area contributed by atoms with Crippen molar-refractivity contribution in [3.8, 4) is 17.2 Å². The lowest BCUT2D eigenvalue weighted by Crippen LogP contribution is -2.49. The van der Waals surface area contributed by atoms with Crippen molar-refractivity contribution in [1.82, 2.24) is 0 Å². The minimum atomic E-state index is -0.997. The SMILES string of the molecule is COc1ccc(CCOC(=O)OCCc2ccc(OC(=O)C(C)(C)C(C)(C)OCCc3ccc(OC(C)=O)c(Br)c3)c(Br)c2)cc1Br. The number of methoxy groups -OCH3 is 1. The van der Waals surface area contributed by atoms with E-state index < -0.39 is 29.1 Å². The first-order valence-corrected chi connectivity index (χ1v) is 17.2. The van der Waals surface area contributed by atoms with E-state index in [-0.39, 0.29) is 13.2 Å². The highest BCUT2D eigenvalue weighted by Gasteiger charge is 2.46. The number of carbonyl (C=O) groups excluding carboxylic acids is 3. The molecule has 0 heterocycles. The predicted octanol–water partition coefficient (Wildman–Crippen LogP) is 8.82. The summed E-state index contributed by atoms with van der Waals surface area (Å²) in [5, 5.41) is 0. The molecule has 47 heavy (non-hydrogen) atoms. The van der Waals surface area contributed by atoms with Crippen LogP contribution in [0.2, 0.25) is 0 Å². The highest BCUT2D eigenvalue weighted by atomic mass is 79.9.